The molecule has 1 heterocycles. The van der Waals surface area contributed by atoms with Gasteiger partial charge in [0, 0.05) is 6.54 Å². The zero-order chi connectivity index (χ0) is 15.7. The zero-order valence-electron chi connectivity index (χ0n) is 12.1. The van der Waals surface area contributed by atoms with Crippen molar-refractivity contribution in [2.45, 2.75) is 42.7 Å². The molecule has 2 aliphatic rings. The van der Waals surface area contributed by atoms with E-state index in [-0.39, 0.29) is 29.1 Å². The number of carboxylic acid groups (broad SMARTS) is 1. The Labute approximate surface area is 129 Å². The highest BCUT2D eigenvalue weighted by atomic mass is 32.2. The van der Waals surface area contributed by atoms with Gasteiger partial charge >= 0.3 is 5.97 Å². The van der Waals surface area contributed by atoms with Crippen LogP contribution in [0.5, 0.6) is 0 Å². The van der Waals surface area contributed by atoms with Crippen molar-refractivity contribution in [3.63, 3.8) is 0 Å². The molecule has 0 bridgehead atoms. The third-order valence-electron chi connectivity index (χ3n) is 4.39. The first-order valence-corrected chi connectivity index (χ1v) is 8.91. The summed E-state index contributed by atoms with van der Waals surface area (Å²) in [4.78, 5) is 11.2. The van der Waals surface area contributed by atoms with Crippen LogP contribution in [0.2, 0.25) is 0 Å². The third kappa shape index (κ3) is 2.64. The molecule has 6 nitrogen and oxygen atoms in total. The highest BCUT2D eigenvalue weighted by Gasteiger charge is 2.41. The average molecular weight is 325 g/mol. The van der Waals surface area contributed by atoms with E-state index in [2.05, 4.69) is 0 Å². The van der Waals surface area contributed by atoms with Crippen LogP contribution in [-0.4, -0.2) is 49.1 Å². The molecule has 1 N–H and O–H groups in total. The van der Waals surface area contributed by atoms with E-state index in [1.165, 1.54) is 22.5 Å². The van der Waals surface area contributed by atoms with Crippen LogP contribution in [0.25, 0.3) is 0 Å². The zero-order valence-corrected chi connectivity index (χ0v) is 13.0. The fraction of sp³-hybridized carbons (Fsp3) is 0.533. The maximum atomic E-state index is 13.0. The molecule has 1 saturated heterocycles. The molecule has 1 aliphatic heterocycles. The van der Waals surface area contributed by atoms with E-state index >= 15 is 0 Å². The lowest BCUT2D eigenvalue weighted by atomic mass is 9.91. The number of carboxylic acids is 1. The molecule has 0 radical (unpaired) electrons. The van der Waals surface area contributed by atoms with Crippen molar-refractivity contribution in [3.8, 4) is 0 Å². The van der Waals surface area contributed by atoms with Gasteiger partial charge < -0.3 is 9.84 Å². The number of rotatable bonds is 3. The van der Waals surface area contributed by atoms with Crippen LogP contribution in [0.1, 0.15) is 36.0 Å². The number of aromatic carboxylic acids is 1. The molecule has 3 rings (SSSR count). The van der Waals surface area contributed by atoms with Gasteiger partial charge in [-0.2, -0.15) is 4.31 Å². The van der Waals surface area contributed by atoms with Crippen molar-refractivity contribution in [2.75, 3.05) is 13.2 Å². The molecule has 1 aliphatic carbocycles. The lowest BCUT2D eigenvalue weighted by Crippen LogP contribution is -2.54. The Morgan fingerprint density at radius 2 is 1.95 bits per heavy atom. The Kier molecular flexibility index (Phi) is 4.20. The van der Waals surface area contributed by atoms with Crippen molar-refractivity contribution in [2.24, 2.45) is 0 Å². The Morgan fingerprint density at radius 1 is 1.23 bits per heavy atom. The molecule has 7 heteroatoms. The number of morpholine rings is 1. The molecule has 1 aromatic carbocycles. The first-order valence-electron chi connectivity index (χ1n) is 7.47. The van der Waals surface area contributed by atoms with Crippen LogP contribution in [-0.2, 0) is 14.8 Å². The van der Waals surface area contributed by atoms with Gasteiger partial charge in [-0.15, -0.1) is 0 Å². The molecule has 22 heavy (non-hydrogen) atoms. The van der Waals surface area contributed by atoms with Crippen LogP contribution in [0, 0.1) is 0 Å². The SMILES string of the molecule is O=C(O)c1ccccc1S(=O)(=O)N1CCOC2CCCCC21. The lowest BCUT2D eigenvalue weighted by Gasteiger charge is -2.42. The summed E-state index contributed by atoms with van der Waals surface area (Å²) < 4.78 is 33.1. The molecular weight excluding hydrogens is 306 g/mol. The second-order valence-electron chi connectivity index (χ2n) is 5.68. The highest BCUT2D eigenvalue weighted by molar-refractivity contribution is 7.89. The predicted octanol–water partition coefficient (Wildman–Crippen LogP) is 1.72. The normalized spacial score (nSPS) is 26.4. The third-order valence-corrected chi connectivity index (χ3v) is 6.37. The number of fused-ring (bicyclic) bond motifs is 1. The Morgan fingerprint density at radius 3 is 2.73 bits per heavy atom. The van der Waals surface area contributed by atoms with Crippen LogP contribution >= 0.6 is 0 Å². The molecule has 2 fully saturated rings. The fourth-order valence-electron chi connectivity index (χ4n) is 3.35. The van der Waals surface area contributed by atoms with E-state index in [4.69, 9.17) is 4.74 Å². The number of hydrogen-bond donors (Lipinski definition) is 1. The fourth-order valence-corrected chi connectivity index (χ4v) is 5.20. The Bertz CT molecular complexity index is 670. The van der Waals surface area contributed by atoms with Crippen LogP contribution in [0.15, 0.2) is 29.2 Å². The largest absolute Gasteiger partial charge is 0.478 e. The van der Waals surface area contributed by atoms with Crippen molar-refractivity contribution < 1.29 is 23.1 Å². The molecule has 0 amide bonds. The molecule has 2 atom stereocenters. The van der Waals surface area contributed by atoms with Crippen LogP contribution in [0.3, 0.4) is 0 Å². The molecular formula is C15H19NO5S. The van der Waals surface area contributed by atoms with Crippen LogP contribution in [0.4, 0.5) is 0 Å². The summed E-state index contributed by atoms with van der Waals surface area (Å²) in [6.07, 6.45) is 3.56. The predicted molar refractivity (Wildman–Crippen MR) is 79.3 cm³/mol. The summed E-state index contributed by atoms with van der Waals surface area (Å²) in [5.74, 6) is -1.23. The van der Waals surface area contributed by atoms with E-state index in [1.807, 2.05) is 0 Å². The van der Waals surface area contributed by atoms with E-state index in [1.54, 1.807) is 6.07 Å². The van der Waals surface area contributed by atoms with E-state index in [0.29, 0.717) is 6.61 Å². The first-order chi connectivity index (χ1) is 10.5. The van der Waals surface area contributed by atoms with Crippen molar-refractivity contribution >= 4 is 16.0 Å². The Hall–Kier alpha value is -1.44. The van der Waals surface area contributed by atoms with Crippen molar-refractivity contribution in [1.29, 1.82) is 0 Å². The van der Waals surface area contributed by atoms with Crippen molar-refractivity contribution in [1.82, 2.24) is 4.31 Å². The van der Waals surface area contributed by atoms with E-state index in [9.17, 15) is 18.3 Å². The van der Waals surface area contributed by atoms with Crippen molar-refractivity contribution in [3.05, 3.63) is 29.8 Å². The number of nitrogens with zero attached hydrogens (tertiary/aromatic N) is 1. The maximum Gasteiger partial charge on any atom is 0.337 e. The number of carbonyl (C=O) groups is 1. The monoisotopic (exact) mass is 325 g/mol. The van der Waals surface area contributed by atoms with Gasteiger partial charge in [0.2, 0.25) is 10.0 Å². The number of sulfonamides is 1. The van der Waals surface area contributed by atoms with Gasteiger partial charge in [0.25, 0.3) is 0 Å². The quantitative estimate of drug-likeness (QED) is 0.915. The summed E-state index contributed by atoms with van der Waals surface area (Å²) in [6.45, 7) is 0.632. The van der Waals surface area contributed by atoms with E-state index in [0.717, 1.165) is 25.7 Å². The second kappa shape index (κ2) is 5.98. The average Bonchev–Trinajstić information content (AvgIpc) is 2.54. The number of benzene rings is 1. The first kappa shape index (κ1) is 15.5. The van der Waals surface area contributed by atoms with Gasteiger partial charge in [-0.3, -0.25) is 0 Å². The number of ether oxygens (including phenoxy) is 1. The van der Waals surface area contributed by atoms with Gasteiger partial charge in [-0.05, 0) is 25.0 Å². The summed E-state index contributed by atoms with van der Waals surface area (Å²) >= 11 is 0. The summed E-state index contributed by atoms with van der Waals surface area (Å²) in [5.41, 5.74) is -0.179. The minimum Gasteiger partial charge on any atom is -0.478 e. The van der Waals surface area contributed by atoms with Gasteiger partial charge in [0.05, 0.1) is 29.2 Å². The number of hydrogen-bond acceptors (Lipinski definition) is 4. The highest BCUT2D eigenvalue weighted by Crippen LogP contribution is 2.33. The summed E-state index contributed by atoms with van der Waals surface area (Å²) in [6, 6.07) is 5.60. The summed E-state index contributed by atoms with van der Waals surface area (Å²) in [7, 11) is -3.84. The minimum atomic E-state index is -3.84. The van der Waals surface area contributed by atoms with E-state index < -0.39 is 16.0 Å². The molecule has 1 aromatic rings. The minimum absolute atomic E-state index is 0.0748. The Balaban J connectivity index is 2.00. The van der Waals surface area contributed by atoms with Gasteiger partial charge in [0.1, 0.15) is 0 Å². The van der Waals surface area contributed by atoms with Crippen LogP contribution < -0.4 is 0 Å². The topological polar surface area (TPSA) is 83.9 Å². The second-order valence-corrected chi connectivity index (χ2v) is 7.54. The molecule has 0 aromatic heterocycles. The smallest absolute Gasteiger partial charge is 0.337 e. The lowest BCUT2D eigenvalue weighted by molar-refractivity contribution is -0.0586. The maximum absolute atomic E-state index is 13.0. The summed E-state index contributed by atoms with van der Waals surface area (Å²) in [5, 5.41) is 9.25. The molecule has 1 saturated carbocycles. The standard InChI is InChI=1S/C15H19NO5S/c17-15(18)11-5-1-4-8-14(11)22(19,20)16-9-10-21-13-7-3-2-6-12(13)16/h1,4-5,8,12-13H,2-3,6-7,9-10H2,(H,17,18). The molecule has 120 valence electrons. The molecule has 0 spiro atoms. The van der Waals surface area contributed by atoms with Gasteiger partial charge in [-0.1, -0.05) is 25.0 Å². The van der Waals surface area contributed by atoms with Gasteiger partial charge in [-0.25, -0.2) is 13.2 Å². The molecule has 2 unspecified atom stereocenters. The van der Waals surface area contributed by atoms with Gasteiger partial charge in [0.15, 0.2) is 0 Å².